The number of halogens is 1. The second-order valence-electron chi connectivity index (χ2n) is 7.10. The lowest BCUT2D eigenvalue weighted by atomic mass is 10.0. The molecule has 0 bridgehead atoms. The van der Waals surface area contributed by atoms with Crippen molar-refractivity contribution in [2.24, 2.45) is 0 Å². The van der Waals surface area contributed by atoms with E-state index in [4.69, 9.17) is 16.6 Å². The van der Waals surface area contributed by atoms with Gasteiger partial charge in [0.15, 0.2) is 5.13 Å². The number of anilines is 1. The van der Waals surface area contributed by atoms with Gasteiger partial charge in [-0.25, -0.2) is 4.98 Å². The second-order valence-corrected chi connectivity index (χ2v) is 8.54. The Morgan fingerprint density at radius 2 is 1.90 bits per heavy atom. The van der Waals surface area contributed by atoms with Gasteiger partial charge in [0.05, 0.1) is 22.5 Å². The maximum absolute atomic E-state index is 13.6. The van der Waals surface area contributed by atoms with E-state index in [1.165, 1.54) is 11.3 Å². The molecule has 2 heterocycles. The molecule has 2 aromatic carbocycles. The van der Waals surface area contributed by atoms with Gasteiger partial charge < -0.3 is 0 Å². The zero-order valence-corrected chi connectivity index (χ0v) is 18.0. The summed E-state index contributed by atoms with van der Waals surface area (Å²) in [5.41, 5.74) is 5.33. The van der Waals surface area contributed by atoms with Crippen LogP contribution in [0.2, 0.25) is 5.02 Å². The highest BCUT2D eigenvalue weighted by Gasteiger charge is 2.24. The maximum Gasteiger partial charge on any atom is 0.260 e. The number of fused-ring (bicyclic) bond motifs is 1. The molecule has 6 heteroatoms. The van der Waals surface area contributed by atoms with Crippen LogP contribution in [-0.2, 0) is 6.54 Å². The van der Waals surface area contributed by atoms with Crippen molar-refractivity contribution in [2.45, 2.75) is 27.3 Å². The smallest absolute Gasteiger partial charge is 0.260 e. The highest BCUT2D eigenvalue weighted by molar-refractivity contribution is 7.22. The Kier molecular flexibility index (Phi) is 5.35. The summed E-state index contributed by atoms with van der Waals surface area (Å²) in [7, 11) is 0. The summed E-state index contributed by atoms with van der Waals surface area (Å²) in [6.07, 6.45) is 1.73. The molecule has 4 nitrogen and oxygen atoms in total. The lowest BCUT2D eigenvalue weighted by molar-refractivity contribution is 0.0984. The number of hydrogen-bond donors (Lipinski definition) is 0. The van der Waals surface area contributed by atoms with Crippen LogP contribution >= 0.6 is 22.9 Å². The largest absolute Gasteiger partial charge is 0.278 e. The first-order chi connectivity index (χ1) is 13.9. The summed E-state index contributed by atoms with van der Waals surface area (Å²) < 4.78 is 0.963. The van der Waals surface area contributed by atoms with Crippen LogP contribution in [0.15, 0.2) is 54.7 Å². The van der Waals surface area contributed by atoms with E-state index >= 15 is 0 Å². The molecule has 0 aliphatic heterocycles. The van der Waals surface area contributed by atoms with Crippen molar-refractivity contribution >= 4 is 44.2 Å². The fraction of sp³-hybridized carbons (Fsp3) is 0.174. The first-order valence-corrected chi connectivity index (χ1v) is 10.5. The third kappa shape index (κ3) is 4.02. The van der Waals surface area contributed by atoms with Crippen LogP contribution in [0.3, 0.4) is 0 Å². The van der Waals surface area contributed by atoms with Crippen LogP contribution in [0, 0.1) is 20.8 Å². The lowest BCUT2D eigenvalue weighted by Crippen LogP contribution is -2.31. The minimum atomic E-state index is -0.0836. The molecule has 0 saturated heterocycles. The number of benzene rings is 2. The normalized spacial score (nSPS) is 11.0. The van der Waals surface area contributed by atoms with Gasteiger partial charge in [-0.2, -0.15) is 0 Å². The molecule has 0 unspecified atom stereocenters. The van der Waals surface area contributed by atoms with E-state index < -0.39 is 0 Å². The zero-order valence-electron chi connectivity index (χ0n) is 16.4. The maximum atomic E-state index is 13.6. The van der Waals surface area contributed by atoms with E-state index in [-0.39, 0.29) is 5.91 Å². The van der Waals surface area contributed by atoms with Crippen LogP contribution in [-0.4, -0.2) is 15.9 Å². The van der Waals surface area contributed by atoms with Gasteiger partial charge in [-0.1, -0.05) is 46.7 Å². The number of aromatic nitrogens is 2. The monoisotopic (exact) mass is 421 g/mol. The molecule has 4 rings (SSSR count). The van der Waals surface area contributed by atoms with E-state index in [0.717, 1.165) is 32.6 Å². The average Bonchev–Trinajstić information content (AvgIpc) is 3.12. The molecule has 0 atom stereocenters. The van der Waals surface area contributed by atoms with Crippen LogP contribution in [0.1, 0.15) is 32.7 Å². The molecular formula is C23H20ClN3OS. The summed E-state index contributed by atoms with van der Waals surface area (Å²) in [5.74, 6) is -0.0836. The number of carbonyl (C=O) groups excluding carboxylic acids is 1. The van der Waals surface area contributed by atoms with Crippen LogP contribution < -0.4 is 4.90 Å². The second kappa shape index (κ2) is 7.93. The number of amides is 1. The fourth-order valence-electron chi connectivity index (χ4n) is 3.25. The molecule has 0 aliphatic rings. The molecule has 0 spiro atoms. The molecule has 0 saturated carbocycles. The molecule has 0 N–H and O–H groups in total. The minimum absolute atomic E-state index is 0.0836. The summed E-state index contributed by atoms with van der Waals surface area (Å²) in [4.78, 5) is 24.5. The highest BCUT2D eigenvalue weighted by Crippen LogP contribution is 2.34. The van der Waals surface area contributed by atoms with Gasteiger partial charge in [0.1, 0.15) is 0 Å². The first-order valence-electron chi connectivity index (χ1n) is 9.28. The Balaban J connectivity index is 1.83. The van der Waals surface area contributed by atoms with Gasteiger partial charge in [-0.15, -0.1) is 0 Å². The number of thiazole rings is 1. The Bertz CT molecular complexity index is 1200. The van der Waals surface area contributed by atoms with E-state index in [9.17, 15) is 4.79 Å². The number of carbonyl (C=O) groups is 1. The summed E-state index contributed by atoms with van der Waals surface area (Å²) >= 11 is 7.70. The standard InChI is InChI=1S/C23H20ClN3OS/c1-14-7-8-15(2)19(10-14)22(28)27(13-18-6-4-5-9-25-18)23-26-21-16(3)11-17(24)12-20(21)29-23/h4-12H,13H2,1-3H3. The summed E-state index contributed by atoms with van der Waals surface area (Å²) in [6, 6.07) is 15.4. The van der Waals surface area contributed by atoms with Crippen molar-refractivity contribution in [2.75, 3.05) is 4.90 Å². The fourth-order valence-corrected chi connectivity index (χ4v) is 4.67. The summed E-state index contributed by atoms with van der Waals surface area (Å²) in [5, 5.41) is 1.31. The van der Waals surface area contributed by atoms with Gasteiger partial charge in [-0.3, -0.25) is 14.7 Å². The zero-order chi connectivity index (χ0) is 20.5. The Labute approximate surface area is 178 Å². The molecule has 0 radical (unpaired) electrons. The van der Waals surface area contributed by atoms with Crippen molar-refractivity contribution in [3.8, 4) is 0 Å². The predicted octanol–water partition coefficient (Wildman–Crippen LogP) is 6.12. The van der Waals surface area contributed by atoms with E-state index in [1.807, 2.05) is 69.3 Å². The number of rotatable bonds is 4. The number of pyridine rings is 1. The minimum Gasteiger partial charge on any atom is -0.278 e. The molecule has 146 valence electrons. The first kappa shape index (κ1) is 19.6. The number of aryl methyl sites for hydroxylation is 3. The van der Waals surface area contributed by atoms with Crippen LogP contribution in [0.4, 0.5) is 5.13 Å². The number of hydrogen-bond acceptors (Lipinski definition) is 4. The van der Waals surface area contributed by atoms with Crippen molar-refractivity contribution in [1.82, 2.24) is 9.97 Å². The molecule has 0 fully saturated rings. The predicted molar refractivity (Wildman–Crippen MR) is 120 cm³/mol. The van der Waals surface area contributed by atoms with Crippen LogP contribution in [0.5, 0.6) is 0 Å². The molecule has 1 amide bonds. The quantitative estimate of drug-likeness (QED) is 0.399. The number of nitrogens with zero attached hydrogens (tertiary/aromatic N) is 3. The van der Waals surface area contributed by atoms with Crippen molar-refractivity contribution in [3.05, 3.63) is 87.7 Å². The topological polar surface area (TPSA) is 46.1 Å². The van der Waals surface area contributed by atoms with E-state index in [0.29, 0.717) is 22.3 Å². The SMILES string of the molecule is Cc1ccc(C)c(C(=O)N(Cc2ccccn2)c2nc3c(C)cc(Cl)cc3s2)c1. The van der Waals surface area contributed by atoms with Crippen molar-refractivity contribution in [3.63, 3.8) is 0 Å². The highest BCUT2D eigenvalue weighted by atomic mass is 35.5. The van der Waals surface area contributed by atoms with Gasteiger partial charge in [0, 0.05) is 16.8 Å². The Morgan fingerprint density at radius 1 is 1.07 bits per heavy atom. The summed E-state index contributed by atoms with van der Waals surface area (Å²) in [6.45, 7) is 6.27. The molecule has 0 aliphatic carbocycles. The third-order valence-electron chi connectivity index (χ3n) is 4.78. The van der Waals surface area contributed by atoms with Crippen molar-refractivity contribution < 1.29 is 4.79 Å². The van der Waals surface area contributed by atoms with E-state index in [1.54, 1.807) is 11.1 Å². The Hall–Kier alpha value is -2.76. The molecule has 29 heavy (non-hydrogen) atoms. The van der Waals surface area contributed by atoms with E-state index in [2.05, 4.69) is 4.98 Å². The average molecular weight is 422 g/mol. The third-order valence-corrected chi connectivity index (χ3v) is 6.03. The van der Waals surface area contributed by atoms with Gasteiger partial charge in [0.2, 0.25) is 0 Å². The molecule has 2 aromatic heterocycles. The lowest BCUT2D eigenvalue weighted by Gasteiger charge is -2.21. The van der Waals surface area contributed by atoms with Crippen LogP contribution in [0.25, 0.3) is 10.2 Å². The van der Waals surface area contributed by atoms with Gasteiger partial charge in [-0.05, 0) is 62.2 Å². The molecular weight excluding hydrogens is 402 g/mol. The molecule has 4 aromatic rings. The van der Waals surface area contributed by atoms with Gasteiger partial charge in [0.25, 0.3) is 5.91 Å². The Morgan fingerprint density at radius 3 is 2.66 bits per heavy atom. The van der Waals surface area contributed by atoms with Gasteiger partial charge >= 0.3 is 0 Å². The van der Waals surface area contributed by atoms with Crippen molar-refractivity contribution in [1.29, 1.82) is 0 Å².